The van der Waals surface area contributed by atoms with Crippen molar-refractivity contribution >= 4 is 35.6 Å². The van der Waals surface area contributed by atoms with Crippen molar-refractivity contribution in [2.45, 2.75) is 32.2 Å². The third-order valence-corrected chi connectivity index (χ3v) is 5.80. The Bertz CT molecular complexity index is 534. The van der Waals surface area contributed by atoms with Gasteiger partial charge in [-0.25, -0.2) is 0 Å². The summed E-state index contributed by atoms with van der Waals surface area (Å²) in [5.41, 5.74) is 0.403. The first-order valence-electron chi connectivity index (χ1n) is 7.94. The molecule has 3 rings (SSSR count). The zero-order valence-corrected chi connectivity index (χ0v) is 15.0. The van der Waals surface area contributed by atoms with E-state index in [4.69, 9.17) is 0 Å². The molecule has 1 aromatic heterocycles. The Kier molecular flexibility index (Phi) is 6.06. The molecule has 3 heterocycles. The summed E-state index contributed by atoms with van der Waals surface area (Å²) in [5, 5.41) is 8.10. The number of thiophene rings is 1. The minimum Gasteiger partial charge on any atom is -0.341 e. The van der Waals surface area contributed by atoms with Crippen molar-refractivity contribution in [1.29, 1.82) is 0 Å². The van der Waals surface area contributed by atoms with E-state index >= 15 is 0 Å². The minimum absolute atomic E-state index is 0. The summed E-state index contributed by atoms with van der Waals surface area (Å²) in [4.78, 5) is 27.1. The van der Waals surface area contributed by atoms with Crippen molar-refractivity contribution in [2.24, 2.45) is 5.41 Å². The van der Waals surface area contributed by atoms with Gasteiger partial charge in [-0.3, -0.25) is 9.59 Å². The van der Waals surface area contributed by atoms with E-state index in [1.165, 1.54) is 17.8 Å². The maximum atomic E-state index is 12.5. The van der Waals surface area contributed by atoms with E-state index in [-0.39, 0.29) is 24.2 Å². The second-order valence-electron chi connectivity index (χ2n) is 6.42. The van der Waals surface area contributed by atoms with Crippen LogP contribution >= 0.6 is 23.7 Å². The van der Waals surface area contributed by atoms with Crippen molar-refractivity contribution < 1.29 is 9.59 Å². The molecule has 1 spiro atoms. The van der Waals surface area contributed by atoms with Crippen molar-refractivity contribution in [3.05, 3.63) is 22.4 Å². The highest BCUT2D eigenvalue weighted by atomic mass is 35.5. The molecule has 2 N–H and O–H groups in total. The molecule has 7 heteroatoms. The first-order chi connectivity index (χ1) is 10.6. The van der Waals surface area contributed by atoms with Crippen LogP contribution in [0, 0.1) is 5.41 Å². The summed E-state index contributed by atoms with van der Waals surface area (Å²) in [6, 6.07) is 3.14. The summed E-state index contributed by atoms with van der Waals surface area (Å²) in [7, 11) is 0. The molecule has 0 aliphatic carbocycles. The third kappa shape index (κ3) is 4.05. The molecular weight excluding hydrogens is 334 g/mol. The Morgan fingerprint density at radius 2 is 2.09 bits per heavy atom. The van der Waals surface area contributed by atoms with Crippen LogP contribution in [0.15, 0.2) is 17.5 Å². The average Bonchev–Trinajstić information content (AvgIpc) is 3.19. The summed E-state index contributed by atoms with van der Waals surface area (Å²) >= 11 is 1.39. The first kappa shape index (κ1) is 18.2. The standard InChI is InChI=1S/C16H23N3O2S.ClH/c1-12(18-14(20)13-3-2-10-22-13)15(21)19-8-5-16(6-9-19)4-7-17-11-16;/h2-3,10,12,17H,4-9,11H2,1H3,(H,18,20);1H. The summed E-state index contributed by atoms with van der Waals surface area (Å²) in [6.45, 7) is 5.57. The Morgan fingerprint density at radius 3 is 2.65 bits per heavy atom. The first-order valence-corrected chi connectivity index (χ1v) is 8.82. The number of nitrogens with zero attached hydrogens (tertiary/aromatic N) is 1. The highest BCUT2D eigenvalue weighted by Crippen LogP contribution is 2.36. The molecule has 2 fully saturated rings. The lowest BCUT2D eigenvalue weighted by Crippen LogP contribution is -2.51. The predicted octanol–water partition coefficient (Wildman–Crippen LogP) is 1.89. The molecule has 2 aliphatic rings. The highest BCUT2D eigenvalue weighted by molar-refractivity contribution is 7.12. The van der Waals surface area contributed by atoms with Gasteiger partial charge in [0.15, 0.2) is 0 Å². The number of carbonyl (C=O) groups is 2. The van der Waals surface area contributed by atoms with E-state index in [1.807, 2.05) is 16.3 Å². The fourth-order valence-corrected chi connectivity index (χ4v) is 4.06. The largest absolute Gasteiger partial charge is 0.341 e. The molecule has 0 bridgehead atoms. The SMILES string of the molecule is CC(NC(=O)c1cccs1)C(=O)N1CCC2(CCNC2)CC1.Cl. The molecule has 1 unspecified atom stereocenters. The van der Waals surface area contributed by atoms with Gasteiger partial charge >= 0.3 is 0 Å². The number of halogens is 1. The molecule has 0 saturated carbocycles. The van der Waals surface area contributed by atoms with Crippen LogP contribution in [0.4, 0.5) is 0 Å². The van der Waals surface area contributed by atoms with E-state index in [2.05, 4.69) is 10.6 Å². The summed E-state index contributed by atoms with van der Waals surface area (Å²) in [5.74, 6) is -0.130. The summed E-state index contributed by atoms with van der Waals surface area (Å²) in [6.07, 6.45) is 3.36. The van der Waals surface area contributed by atoms with Gasteiger partial charge in [0, 0.05) is 19.6 Å². The Hall–Kier alpha value is -1.11. The second kappa shape index (κ2) is 7.64. The molecule has 2 saturated heterocycles. The van der Waals surface area contributed by atoms with Crippen LogP contribution < -0.4 is 10.6 Å². The lowest BCUT2D eigenvalue weighted by atomic mass is 9.78. The van der Waals surface area contributed by atoms with E-state index < -0.39 is 6.04 Å². The zero-order valence-electron chi connectivity index (χ0n) is 13.3. The Labute approximate surface area is 147 Å². The number of nitrogens with one attached hydrogen (secondary N) is 2. The van der Waals surface area contributed by atoms with Crippen LogP contribution in [0.1, 0.15) is 35.9 Å². The molecular formula is C16H24ClN3O2S. The van der Waals surface area contributed by atoms with Crippen LogP contribution in [0.2, 0.25) is 0 Å². The molecule has 1 atom stereocenters. The van der Waals surface area contributed by atoms with Gasteiger partial charge in [0.05, 0.1) is 4.88 Å². The molecule has 128 valence electrons. The van der Waals surface area contributed by atoms with E-state index in [0.29, 0.717) is 10.3 Å². The Balaban J connectivity index is 0.00000192. The van der Waals surface area contributed by atoms with E-state index in [1.54, 1.807) is 13.0 Å². The maximum absolute atomic E-state index is 12.5. The van der Waals surface area contributed by atoms with Gasteiger partial charge < -0.3 is 15.5 Å². The monoisotopic (exact) mass is 357 g/mol. The molecule has 1 aromatic rings. The number of rotatable bonds is 3. The van der Waals surface area contributed by atoms with Crippen molar-refractivity contribution in [1.82, 2.24) is 15.5 Å². The molecule has 5 nitrogen and oxygen atoms in total. The molecule has 23 heavy (non-hydrogen) atoms. The zero-order chi connectivity index (χ0) is 15.6. The molecule has 2 aliphatic heterocycles. The molecule has 0 radical (unpaired) electrons. The topological polar surface area (TPSA) is 61.4 Å². The third-order valence-electron chi connectivity index (χ3n) is 4.93. The minimum atomic E-state index is -0.467. The van der Waals surface area contributed by atoms with Crippen LogP contribution in [-0.4, -0.2) is 48.9 Å². The van der Waals surface area contributed by atoms with E-state index in [0.717, 1.165) is 39.0 Å². The van der Waals surface area contributed by atoms with Crippen LogP contribution in [-0.2, 0) is 4.79 Å². The lowest BCUT2D eigenvalue weighted by Gasteiger charge is -2.39. The van der Waals surface area contributed by atoms with Crippen LogP contribution in [0.25, 0.3) is 0 Å². The van der Waals surface area contributed by atoms with Gasteiger partial charge in [0.1, 0.15) is 6.04 Å². The van der Waals surface area contributed by atoms with Crippen molar-refractivity contribution in [2.75, 3.05) is 26.2 Å². The number of hydrogen-bond acceptors (Lipinski definition) is 4. The van der Waals surface area contributed by atoms with Crippen molar-refractivity contribution in [3.63, 3.8) is 0 Å². The van der Waals surface area contributed by atoms with Crippen LogP contribution in [0.3, 0.4) is 0 Å². The maximum Gasteiger partial charge on any atom is 0.261 e. The highest BCUT2D eigenvalue weighted by Gasteiger charge is 2.38. The van der Waals surface area contributed by atoms with Gasteiger partial charge in [0.2, 0.25) is 5.91 Å². The van der Waals surface area contributed by atoms with Gasteiger partial charge in [-0.2, -0.15) is 0 Å². The van der Waals surface area contributed by atoms with Gasteiger partial charge in [-0.15, -0.1) is 23.7 Å². The number of piperidine rings is 1. The quantitative estimate of drug-likeness (QED) is 0.868. The van der Waals surface area contributed by atoms with Gasteiger partial charge in [-0.1, -0.05) is 6.07 Å². The van der Waals surface area contributed by atoms with Crippen molar-refractivity contribution in [3.8, 4) is 0 Å². The predicted molar refractivity (Wildman–Crippen MR) is 94.2 cm³/mol. The molecule has 0 aromatic carbocycles. The number of hydrogen-bond donors (Lipinski definition) is 2. The van der Waals surface area contributed by atoms with Crippen LogP contribution in [0.5, 0.6) is 0 Å². The van der Waals surface area contributed by atoms with E-state index in [9.17, 15) is 9.59 Å². The van der Waals surface area contributed by atoms with Gasteiger partial charge in [-0.05, 0) is 49.6 Å². The van der Waals surface area contributed by atoms with Gasteiger partial charge in [0.25, 0.3) is 5.91 Å². The summed E-state index contributed by atoms with van der Waals surface area (Å²) < 4.78 is 0. The smallest absolute Gasteiger partial charge is 0.261 e. The number of carbonyl (C=O) groups excluding carboxylic acids is 2. The normalized spacial score (nSPS) is 20.8. The number of likely N-dealkylation sites (tertiary alicyclic amines) is 1. The molecule has 2 amide bonds. The average molecular weight is 358 g/mol. The fourth-order valence-electron chi connectivity index (χ4n) is 3.43. The lowest BCUT2D eigenvalue weighted by molar-refractivity contribution is -0.135. The number of amides is 2. The Morgan fingerprint density at radius 1 is 1.35 bits per heavy atom. The fraction of sp³-hybridized carbons (Fsp3) is 0.625. The second-order valence-corrected chi connectivity index (χ2v) is 7.37.